The van der Waals surface area contributed by atoms with Crippen LogP contribution in [0.25, 0.3) is 0 Å². The quantitative estimate of drug-likeness (QED) is 0.414. The average molecular weight is 335 g/mol. The van der Waals surface area contributed by atoms with Gasteiger partial charge >= 0.3 is 0 Å². The molecule has 0 amide bonds. The van der Waals surface area contributed by atoms with E-state index in [0.29, 0.717) is 12.6 Å². The maximum absolute atomic E-state index is 5.44. The van der Waals surface area contributed by atoms with Gasteiger partial charge in [0.15, 0.2) is 5.96 Å². The zero-order valence-electron chi connectivity index (χ0n) is 16.1. The Bertz CT molecular complexity index is 514. The van der Waals surface area contributed by atoms with Crippen molar-refractivity contribution in [2.24, 2.45) is 4.99 Å². The summed E-state index contributed by atoms with van der Waals surface area (Å²) in [7, 11) is 5.68. The molecule has 0 aliphatic carbocycles. The maximum Gasteiger partial charge on any atom is 0.191 e. The van der Waals surface area contributed by atoms with Crippen LogP contribution in [-0.4, -0.2) is 51.2 Å². The Labute approximate surface area is 147 Å². The minimum atomic E-state index is 0.608. The molecule has 24 heavy (non-hydrogen) atoms. The summed E-state index contributed by atoms with van der Waals surface area (Å²) in [5, 5.41) is 6.72. The molecule has 0 unspecified atom stereocenters. The van der Waals surface area contributed by atoms with Gasteiger partial charge in [-0.05, 0) is 58.8 Å². The number of nitrogens with zero attached hydrogens (tertiary/aromatic N) is 2. The smallest absolute Gasteiger partial charge is 0.191 e. The third-order valence-electron chi connectivity index (χ3n) is 4.22. The van der Waals surface area contributed by atoms with Crippen molar-refractivity contribution in [1.29, 1.82) is 0 Å². The van der Waals surface area contributed by atoms with Crippen LogP contribution < -0.4 is 15.4 Å². The molecule has 1 rings (SSSR count). The molecule has 0 aromatic heterocycles. The van der Waals surface area contributed by atoms with Gasteiger partial charge in [-0.25, -0.2) is 0 Å². The van der Waals surface area contributed by atoms with E-state index in [9.17, 15) is 0 Å². The van der Waals surface area contributed by atoms with Gasteiger partial charge in [0, 0.05) is 31.7 Å². The molecule has 0 aliphatic heterocycles. The largest absolute Gasteiger partial charge is 0.496 e. The number of aryl methyl sites for hydroxylation is 1. The molecule has 0 heterocycles. The monoisotopic (exact) mass is 334 g/mol. The summed E-state index contributed by atoms with van der Waals surface area (Å²) in [6, 6.07) is 6.85. The number of aliphatic imine (C=N–C) groups is 1. The predicted molar refractivity (Wildman–Crippen MR) is 103 cm³/mol. The first-order chi connectivity index (χ1) is 11.5. The Morgan fingerprint density at radius 3 is 2.62 bits per heavy atom. The normalized spacial score (nSPS) is 11.9. The fourth-order valence-electron chi connectivity index (χ4n) is 2.35. The van der Waals surface area contributed by atoms with Gasteiger partial charge in [-0.1, -0.05) is 12.1 Å². The van der Waals surface area contributed by atoms with Crippen LogP contribution in [0.1, 0.15) is 37.8 Å². The van der Waals surface area contributed by atoms with Gasteiger partial charge < -0.3 is 20.3 Å². The number of guanidine groups is 1. The molecule has 0 spiro atoms. The van der Waals surface area contributed by atoms with Crippen LogP contribution in [0.4, 0.5) is 0 Å². The third-order valence-corrected chi connectivity index (χ3v) is 4.22. The highest BCUT2D eigenvalue weighted by Crippen LogP contribution is 2.19. The second-order valence-electron chi connectivity index (χ2n) is 6.45. The van der Waals surface area contributed by atoms with Gasteiger partial charge in [0.1, 0.15) is 5.75 Å². The van der Waals surface area contributed by atoms with Gasteiger partial charge in [-0.2, -0.15) is 0 Å². The fraction of sp³-hybridized carbons (Fsp3) is 0.632. The van der Waals surface area contributed by atoms with Gasteiger partial charge in [0.2, 0.25) is 0 Å². The fourth-order valence-corrected chi connectivity index (χ4v) is 2.35. The van der Waals surface area contributed by atoms with E-state index in [0.717, 1.165) is 36.8 Å². The molecule has 0 saturated carbocycles. The van der Waals surface area contributed by atoms with Gasteiger partial charge in [0.25, 0.3) is 0 Å². The number of nitrogens with one attached hydrogen (secondary N) is 2. The third kappa shape index (κ3) is 7.21. The summed E-state index contributed by atoms with van der Waals surface area (Å²) in [6.45, 7) is 9.27. The second kappa shape index (κ2) is 10.9. The molecule has 5 heteroatoms. The first-order valence-electron chi connectivity index (χ1n) is 8.76. The number of ether oxygens (including phenoxy) is 1. The number of hydrogen-bond donors (Lipinski definition) is 2. The molecule has 136 valence electrons. The Kier molecular flexibility index (Phi) is 9.23. The lowest BCUT2D eigenvalue weighted by Crippen LogP contribution is -2.37. The summed E-state index contributed by atoms with van der Waals surface area (Å²) in [4.78, 5) is 6.65. The van der Waals surface area contributed by atoms with Crippen LogP contribution in [0, 0.1) is 6.92 Å². The molecular weight excluding hydrogens is 300 g/mol. The van der Waals surface area contributed by atoms with Crippen molar-refractivity contribution in [3.05, 3.63) is 29.3 Å². The molecule has 0 atom stereocenters. The van der Waals surface area contributed by atoms with Crippen molar-refractivity contribution in [2.45, 2.75) is 46.2 Å². The Balaban J connectivity index is 2.33. The number of hydrogen-bond acceptors (Lipinski definition) is 3. The van der Waals surface area contributed by atoms with Gasteiger partial charge in [-0.15, -0.1) is 0 Å². The van der Waals surface area contributed by atoms with Crippen molar-refractivity contribution in [3.8, 4) is 5.75 Å². The van der Waals surface area contributed by atoms with Crippen molar-refractivity contribution >= 4 is 5.96 Å². The number of unbranched alkanes of at least 4 members (excludes halogenated alkanes) is 1. The second-order valence-corrected chi connectivity index (χ2v) is 6.45. The Morgan fingerprint density at radius 2 is 2.00 bits per heavy atom. The van der Waals surface area contributed by atoms with E-state index in [1.165, 1.54) is 12.0 Å². The van der Waals surface area contributed by atoms with Crippen molar-refractivity contribution in [2.75, 3.05) is 34.3 Å². The van der Waals surface area contributed by atoms with E-state index >= 15 is 0 Å². The highest BCUT2D eigenvalue weighted by Gasteiger charge is 2.05. The minimum absolute atomic E-state index is 0.608. The van der Waals surface area contributed by atoms with E-state index in [1.54, 1.807) is 14.2 Å². The van der Waals surface area contributed by atoms with Gasteiger partial charge in [-0.3, -0.25) is 4.99 Å². The van der Waals surface area contributed by atoms with Crippen LogP contribution >= 0.6 is 0 Å². The summed E-state index contributed by atoms with van der Waals surface area (Å²) in [6.07, 6.45) is 2.32. The van der Waals surface area contributed by atoms with Crippen molar-refractivity contribution < 1.29 is 4.74 Å². The molecule has 0 aliphatic rings. The lowest BCUT2D eigenvalue weighted by Gasteiger charge is -2.20. The molecule has 0 fully saturated rings. The molecule has 0 saturated heterocycles. The molecular formula is C19H34N4O. The molecule has 0 radical (unpaired) electrons. The average Bonchev–Trinajstić information content (AvgIpc) is 2.57. The van der Waals surface area contributed by atoms with Crippen LogP contribution in [0.5, 0.6) is 5.75 Å². The highest BCUT2D eigenvalue weighted by atomic mass is 16.5. The maximum atomic E-state index is 5.44. The lowest BCUT2D eigenvalue weighted by atomic mass is 10.1. The number of methoxy groups -OCH3 is 1. The van der Waals surface area contributed by atoms with E-state index in [2.05, 4.69) is 66.5 Å². The van der Waals surface area contributed by atoms with Crippen LogP contribution in [-0.2, 0) is 6.54 Å². The SMILES string of the molecule is CN=C(NCCCCN(C)C(C)C)NCc1ccc(C)cc1OC. The zero-order chi connectivity index (χ0) is 17.9. The van der Waals surface area contributed by atoms with E-state index in [-0.39, 0.29) is 0 Å². The topological polar surface area (TPSA) is 48.9 Å². The minimum Gasteiger partial charge on any atom is -0.496 e. The van der Waals surface area contributed by atoms with Gasteiger partial charge in [0.05, 0.1) is 7.11 Å². The summed E-state index contributed by atoms with van der Waals surface area (Å²) in [5.41, 5.74) is 2.33. The van der Waals surface area contributed by atoms with Crippen molar-refractivity contribution in [1.82, 2.24) is 15.5 Å². The standard InChI is InChI=1S/C19H34N4O/c1-15(2)23(5)12-8-7-11-21-19(20-4)22-14-17-10-9-16(3)13-18(17)24-6/h9-10,13,15H,7-8,11-12,14H2,1-6H3,(H2,20,21,22). The van der Waals surface area contributed by atoms with Crippen LogP contribution in [0.2, 0.25) is 0 Å². The molecule has 1 aromatic rings. The van der Waals surface area contributed by atoms with E-state index < -0.39 is 0 Å². The van der Waals surface area contributed by atoms with Crippen molar-refractivity contribution in [3.63, 3.8) is 0 Å². The first kappa shape index (κ1) is 20.3. The van der Waals surface area contributed by atoms with E-state index in [4.69, 9.17) is 4.74 Å². The number of rotatable bonds is 9. The lowest BCUT2D eigenvalue weighted by molar-refractivity contribution is 0.268. The van der Waals surface area contributed by atoms with Crippen LogP contribution in [0.15, 0.2) is 23.2 Å². The Morgan fingerprint density at radius 1 is 1.25 bits per heavy atom. The molecule has 0 bridgehead atoms. The first-order valence-corrected chi connectivity index (χ1v) is 8.76. The molecule has 2 N–H and O–H groups in total. The van der Waals surface area contributed by atoms with E-state index in [1.807, 2.05) is 0 Å². The van der Waals surface area contributed by atoms with Crippen LogP contribution in [0.3, 0.4) is 0 Å². The Hall–Kier alpha value is -1.75. The molecule has 1 aromatic carbocycles. The molecule has 5 nitrogen and oxygen atoms in total. The summed E-state index contributed by atoms with van der Waals surface area (Å²) < 4.78 is 5.44. The summed E-state index contributed by atoms with van der Waals surface area (Å²) in [5.74, 6) is 1.74. The zero-order valence-corrected chi connectivity index (χ0v) is 16.1. The summed E-state index contributed by atoms with van der Waals surface area (Å²) >= 11 is 0. The number of benzene rings is 1. The predicted octanol–water partition coefficient (Wildman–Crippen LogP) is 2.79. The highest BCUT2D eigenvalue weighted by molar-refractivity contribution is 5.79.